The molecule has 0 spiro atoms. The lowest BCUT2D eigenvalue weighted by Gasteiger charge is -2.22. The maximum Gasteiger partial charge on any atom is 0.307 e. The molecule has 0 aliphatic carbocycles. The second kappa shape index (κ2) is 21.1. The molecule has 9 rings (SSSR count). The third kappa shape index (κ3) is 10.0. The lowest BCUT2D eigenvalue weighted by Crippen LogP contribution is -2.37. The number of ether oxygens (including phenoxy) is 9. The van der Waals surface area contributed by atoms with E-state index in [9.17, 15) is 14.4 Å². The lowest BCUT2D eigenvalue weighted by atomic mass is 10.1. The van der Waals surface area contributed by atoms with E-state index in [1.54, 1.807) is 34.1 Å². The molecule has 16 nitrogen and oxygen atoms in total. The monoisotopic (exact) mass is 924 g/mol. The summed E-state index contributed by atoms with van der Waals surface area (Å²) in [4.78, 5) is 52.3. The molecule has 16 heteroatoms. The van der Waals surface area contributed by atoms with Crippen molar-refractivity contribution < 1.29 is 57.0 Å². The highest BCUT2D eigenvalue weighted by Gasteiger charge is 2.38. The van der Waals surface area contributed by atoms with Gasteiger partial charge in [-0.25, -0.2) is 0 Å². The molecule has 0 bridgehead atoms. The van der Waals surface area contributed by atoms with Crippen LogP contribution in [-0.4, -0.2) is 110 Å². The van der Waals surface area contributed by atoms with Crippen molar-refractivity contribution in [3.63, 3.8) is 0 Å². The van der Waals surface area contributed by atoms with Crippen LogP contribution in [0.15, 0.2) is 101 Å². The van der Waals surface area contributed by atoms with Crippen LogP contribution in [0.25, 0.3) is 0 Å². The number of carbonyl (C=O) groups is 3. The van der Waals surface area contributed by atoms with Crippen LogP contribution in [0.4, 0.5) is 22.7 Å². The van der Waals surface area contributed by atoms with Crippen molar-refractivity contribution in [2.24, 2.45) is 9.98 Å². The number of hydrogen-bond acceptors (Lipinski definition) is 14. The number of aliphatic imine (C=N–C) groups is 2. The Morgan fingerprint density at radius 3 is 1.51 bits per heavy atom. The molecule has 0 N–H and O–H groups in total. The van der Waals surface area contributed by atoms with Crippen LogP contribution in [0.1, 0.15) is 49.4 Å². The predicted molar refractivity (Wildman–Crippen MR) is 253 cm³/mol. The van der Waals surface area contributed by atoms with E-state index in [4.69, 9.17) is 47.9 Å². The third-order valence-electron chi connectivity index (χ3n) is 12.0. The summed E-state index contributed by atoms with van der Waals surface area (Å²) in [7, 11) is 4.42. The SMILES string of the molecule is COC(=O)CCOCCOCCOCCOc1cc(COc2cc3c(cc2OC)C(=O)N2c4ccccc4CC2C=N3)cc(COc2cc3c(cc2OC)C(=O)N2c4ccccc4C[C@H]2C=N3)c1. The zero-order valence-electron chi connectivity index (χ0n) is 38.1. The van der Waals surface area contributed by atoms with E-state index < -0.39 is 0 Å². The number of nitrogens with zero attached hydrogens (tertiary/aromatic N) is 4. The molecule has 2 atom stereocenters. The lowest BCUT2D eigenvalue weighted by molar-refractivity contribution is -0.141. The van der Waals surface area contributed by atoms with Crippen LogP contribution in [0.5, 0.6) is 28.7 Å². The number of hydrogen-bond donors (Lipinski definition) is 0. The zero-order valence-corrected chi connectivity index (χ0v) is 38.1. The van der Waals surface area contributed by atoms with E-state index in [2.05, 4.69) is 4.74 Å². The third-order valence-corrected chi connectivity index (χ3v) is 12.0. The van der Waals surface area contributed by atoms with Gasteiger partial charge in [0.2, 0.25) is 0 Å². The van der Waals surface area contributed by atoms with Gasteiger partial charge in [-0.05, 0) is 64.7 Å². The number of anilines is 2. The first kappa shape index (κ1) is 45.9. The molecule has 0 aromatic heterocycles. The van der Waals surface area contributed by atoms with E-state index in [0.29, 0.717) is 97.1 Å². The molecule has 4 aliphatic rings. The molecule has 0 saturated carbocycles. The van der Waals surface area contributed by atoms with Gasteiger partial charge in [0, 0.05) is 48.8 Å². The van der Waals surface area contributed by atoms with Gasteiger partial charge < -0.3 is 42.6 Å². The highest BCUT2D eigenvalue weighted by atomic mass is 16.6. The minimum Gasteiger partial charge on any atom is -0.493 e. The van der Waals surface area contributed by atoms with Crippen LogP contribution in [0, 0.1) is 0 Å². The fourth-order valence-electron chi connectivity index (χ4n) is 8.70. The summed E-state index contributed by atoms with van der Waals surface area (Å²) >= 11 is 0. The average Bonchev–Trinajstić information content (AvgIpc) is 3.86. The molecule has 5 aromatic rings. The molecule has 352 valence electrons. The molecule has 1 unspecified atom stereocenters. The largest absolute Gasteiger partial charge is 0.493 e. The van der Waals surface area contributed by atoms with Crippen LogP contribution in [-0.2, 0) is 49.8 Å². The smallest absolute Gasteiger partial charge is 0.307 e. The summed E-state index contributed by atoms with van der Waals surface area (Å²) < 4.78 is 51.9. The van der Waals surface area contributed by atoms with Gasteiger partial charge in [0.25, 0.3) is 11.8 Å². The van der Waals surface area contributed by atoms with Crippen molar-refractivity contribution >= 4 is 53.0 Å². The highest BCUT2D eigenvalue weighted by Crippen LogP contribution is 2.43. The summed E-state index contributed by atoms with van der Waals surface area (Å²) in [5, 5.41) is 0. The van der Waals surface area contributed by atoms with E-state index in [1.165, 1.54) is 21.3 Å². The number of methoxy groups -OCH3 is 3. The molecule has 0 fully saturated rings. The summed E-state index contributed by atoms with van der Waals surface area (Å²) in [5.74, 6) is 1.54. The Kier molecular flexibility index (Phi) is 14.3. The number of esters is 1. The summed E-state index contributed by atoms with van der Waals surface area (Å²) in [6.45, 7) is 2.49. The van der Waals surface area contributed by atoms with Gasteiger partial charge in [-0.2, -0.15) is 0 Å². The Labute approximate surface area is 393 Å². The standard InChI is InChI=1S/C52H52N4O12/c1-60-46-25-40-42(53-29-37-23-35-8-4-6-10-44(35)55(37)51(40)58)27-48(46)67-31-33-20-34(22-39(21-33)66-19-18-65-17-16-64-15-14-63-13-12-50(57)62-3)32-68-49-28-43-41(26-47(49)61-2)52(59)56-38(30-54-43)24-36-9-5-7-11-45(36)56/h4-11,20-22,25-30,37-38H,12-19,23-24,31-32H2,1-3H3/t37-,38?/m0/s1. The molecule has 68 heavy (non-hydrogen) atoms. The van der Waals surface area contributed by atoms with E-state index >= 15 is 0 Å². The van der Waals surface area contributed by atoms with Crippen molar-refractivity contribution in [1.29, 1.82) is 0 Å². The Hall–Kier alpha value is -7.27. The first-order valence-electron chi connectivity index (χ1n) is 22.5. The number of para-hydroxylation sites is 2. The normalized spacial score (nSPS) is 16.2. The number of carbonyl (C=O) groups excluding carboxylic acids is 3. The van der Waals surface area contributed by atoms with Gasteiger partial charge in [-0.3, -0.25) is 34.2 Å². The van der Waals surface area contributed by atoms with Gasteiger partial charge in [0.15, 0.2) is 23.0 Å². The first-order valence-corrected chi connectivity index (χ1v) is 22.5. The Morgan fingerprint density at radius 2 is 1.03 bits per heavy atom. The van der Waals surface area contributed by atoms with E-state index in [1.807, 2.05) is 79.2 Å². The van der Waals surface area contributed by atoms with E-state index in [-0.39, 0.29) is 62.7 Å². The second-order valence-electron chi connectivity index (χ2n) is 16.3. The van der Waals surface area contributed by atoms with Crippen LogP contribution in [0.3, 0.4) is 0 Å². The number of benzene rings is 5. The molecule has 5 aromatic carbocycles. The van der Waals surface area contributed by atoms with Crippen LogP contribution >= 0.6 is 0 Å². The zero-order chi connectivity index (χ0) is 47.0. The summed E-state index contributed by atoms with van der Waals surface area (Å²) in [5.41, 5.74) is 7.32. The molecule has 4 aliphatic heterocycles. The van der Waals surface area contributed by atoms with Crippen LogP contribution < -0.4 is 33.5 Å². The minimum absolute atomic E-state index is 0.110. The topological polar surface area (TPSA) is 165 Å². The van der Waals surface area contributed by atoms with E-state index in [0.717, 1.165) is 33.6 Å². The Morgan fingerprint density at radius 1 is 0.559 bits per heavy atom. The first-order chi connectivity index (χ1) is 33.3. The second-order valence-corrected chi connectivity index (χ2v) is 16.3. The maximum atomic E-state index is 14.0. The summed E-state index contributed by atoms with van der Waals surface area (Å²) in [6, 6.07) is 28.0. The highest BCUT2D eigenvalue weighted by molar-refractivity contribution is 6.15. The quantitative estimate of drug-likeness (QED) is 0.0529. The van der Waals surface area contributed by atoms with Gasteiger partial charge >= 0.3 is 5.97 Å². The minimum atomic E-state index is -0.320. The van der Waals surface area contributed by atoms with Crippen molar-refractivity contribution in [2.75, 3.05) is 77.4 Å². The Balaban J connectivity index is 0.887. The number of amides is 2. The molecule has 0 radical (unpaired) electrons. The fraction of sp³-hybridized carbons (Fsp3) is 0.327. The molecule has 4 heterocycles. The van der Waals surface area contributed by atoms with Crippen molar-refractivity contribution in [1.82, 2.24) is 0 Å². The molecule has 0 saturated heterocycles. The predicted octanol–water partition coefficient (Wildman–Crippen LogP) is 7.43. The summed E-state index contributed by atoms with van der Waals surface area (Å²) in [6.07, 6.45) is 5.21. The number of fused-ring (bicyclic) bond motifs is 8. The van der Waals surface area contributed by atoms with Gasteiger partial charge in [-0.1, -0.05) is 36.4 Å². The molecule has 2 amide bonds. The van der Waals surface area contributed by atoms with Gasteiger partial charge in [0.1, 0.15) is 25.6 Å². The van der Waals surface area contributed by atoms with Crippen molar-refractivity contribution in [3.8, 4) is 28.7 Å². The number of rotatable bonds is 21. The molecular formula is C52H52N4O12. The van der Waals surface area contributed by atoms with Gasteiger partial charge in [-0.15, -0.1) is 0 Å². The maximum absolute atomic E-state index is 14.0. The average molecular weight is 925 g/mol. The molecular weight excluding hydrogens is 873 g/mol. The van der Waals surface area contributed by atoms with Crippen LogP contribution in [0.2, 0.25) is 0 Å². The van der Waals surface area contributed by atoms with Crippen molar-refractivity contribution in [2.45, 2.75) is 44.6 Å². The van der Waals surface area contributed by atoms with Gasteiger partial charge in [0.05, 0.1) is 102 Å². The fourth-order valence-corrected chi connectivity index (χ4v) is 8.70. The Bertz CT molecular complexity index is 2580. The van der Waals surface area contributed by atoms with Crippen molar-refractivity contribution in [3.05, 3.63) is 124 Å².